The molecule has 0 aliphatic carbocycles. The van der Waals surface area contributed by atoms with Crippen LogP contribution >= 0.6 is 0 Å². The largest absolute Gasteiger partial charge is 0.624 e. The van der Waals surface area contributed by atoms with Gasteiger partial charge < -0.3 is 14.8 Å². The number of hydrogen-bond acceptors (Lipinski definition) is 5. The van der Waals surface area contributed by atoms with Gasteiger partial charge in [-0.15, -0.1) is 0 Å². The van der Waals surface area contributed by atoms with Gasteiger partial charge in [0.2, 0.25) is 5.95 Å². The van der Waals surface area contributed by atoms with E-state index in [0.717, 1.165) is 24.1 Å². The average Bonchev–Trinajstić information content (AvgIpc) is 2.88. The highest BCUT2D eigenvalue weighted by Crippen LogP contribution is 2.28. The first kappa shape index (κ1) is 26.6. The van der Waals surface area contributed by atoms with Crippen molar-refractivity contribution >= 4 is 12.2 Å². The molecule has 0 saturated carbocycles. The molecule has 3 aromatic rings. The minimum Gasteiger partial charge on any atom is -0.624 e. The van der Waals surface area contributed by atoms with Gasteiger partial charge >= 0.3 is 0 Å². The van der Waals surface area contributed by atoms with Crippen LogP contribution in [0.1, 0.15) is 50.3 Å². The van der Waals surface area contributed by atoms with Crippen LogP contribution in [-0.2, 0) is 17.8 Å². The topological polar surface area (TPSA) is 64.3 Å². The van der Waals surface area contributed by atoms with E-state index in [1.165, 1.54) is 24.4 Å². The summed E-state index contributed by atoms with van der Waals surface area (Å²) < 4.78 is 50.9. The molecular weight excluding hydrogens is 481 g/mol. The second-order valence-corrected chi connectivity index (χ2v) is 9.48. The van der Waals surface area contributed by atoms with Crippen LogP contribution in [0.3, 0.4) is 0 Å². The summed E-state index contributed by atoms with van der Waals surface area (Å²) >= 11 is 0. The van der Waals surface area contributed by atoms with Crippen LogP contribution in [-0.4, -0.2) is 46.2 Å². The molecule has 6 nitrogen and oxygen atoms in total. The lowest BCUT2D eigenvalue weighted by atomic mass is 10.0. The number of hydroxylamine groups is 1. The Morgan fingerprint density at radius 3 is 2.27 bits per heavy atom. The van der Waals surface area contributed by atoms with Crippen molar-refractivity contribution in [3.8, 4) is 11.1 Å². The van der Waals surface area contributed by atoms with Crippen LogP contribution in [0.4, 0.5) is 19.1 Å². The fourth-order valence-electron chi connectivity index (χ4n) is 4.16. The first-order valence-electron chi connectivity index (χ1n) is 12.5. The van der Waals surface area contributed by atoms with Crippen LogP contribution in [0, 0.1) is 22.7 Å². The molecule has 1 fully saturated rings. The molecule has 0 atom stereocenters. The third kappa shape index (κ3) is 6.46. The van der Waals surface area contributed by atoms with E-state index in [-0.39, 0.29) is 35.4 Å². The Hall–Kier alpha value is -3.46. The summed E-state index contributed by atoms with van der Waals surface area (Å²) in [5, 5.41) is 11.8. The van der Waals surface area contributed by atoms with Crippen LogP contribution < -0.4 is 4.90 Å². The lowest BCUT2D eigenvalue weighted by molar-refractivity contribution is -0.487. The molecule has 0 amide bonds. The van der Waals surface area contributed by atoms with Gasteiger partial charge in [-0.2, -0.15) is 0 Å². The Balaban J connectivity index is 1.38. The summed E-state index contributed by atoms with van der Waals surface area (Å²) in [6.45, 7) is 6.65. The van der Waals surface area contributed by atoms with E-state index in [0.29, 0.717) is 42.2 Å². The van der Waals surface area contributed by atoms with Crippen molar-refractivity contribution in [3.63, 3.8) is 0 Å². The number of halogens is 3. The lowest BCUT2D eigenvalue weighted by Gasteiger charge is -2.32. The van der Waals surface area contributed by atoms with Gasteiger partial charge in [0.25, 0.3) is 0 Å². The maximum absolute atomic E-state index is 14.8. The van der Waals surface area contributed by atoms with Crippen molar-refractivity contribution in [2.45, 2.75) is 58.8 Å². The van der Waals surface area contributed by atoms with Crippen molar-refractivity contribution in [2.24, 2.45) is 0 Å². The standard InChI is InChI=1S/C28H31F3N4O2/c1-4-19-14-32-28(33-15-19)34-9-7-22(8-10-34)37-17-24-26(30)12-21(13-27(24)31)23-6-5-20(11-25(23)29)16-35(36)18(2)3/h5-6,11-16,18,22H,4,7-10,17H2,1-3H3/b35-16-. The molecule has 1 aromatic heterocycles. The summed E-state index contributed by atoms with van der Waals surface area (Å²) in [6.07, 6.45) is 7.04. The molecule has 196 valence electrons. The number of nitrogens with zero attached hydrogens (tertiary/aromatic N) is 4. The first-order chi connectivity index (χ1) is 17.7. The molecule has 1 aliphatic heterocycles. The highest BCUT2D eigenvalue weighted by molar-refractivity contribution is 5.78. The zero-order valence-electron chi connectivity index (χ0n) is 21.3. The lowest BCUT2D eigenvalue weighted by Crippen LogP contribution is -2.38. The number of aryl methyl sites for hydroxylation is 1. The second-order valence-electron chi connectivity index (χ2n) is 9.48. The highest BCUT2D eigenvalue weighted by Gasteiger charge is 2.23. The van der Waals surface area contributed by atoms with Crippen molar-refractivity contribution < 1.29 is 22.6 Å². The van der Waals surface area contributed by atoms with Gasteiger partial charge in [-0.25, -0.2) is 27.9 Å². The Morgan fingerprint density at radius 2 is 1.70 bits per heavy atom. The summed E-state index contributed by atoms with van der Waals surface area (Å²) in [5.41, 5.74) is 1.38. The number of ether oxygens (including phenoxy) is 1. The van der Waals surface area contributed by atoms with Gasteiger partial charge in [-0.3, -0.25) is 0 Å². The molecule has 0 N–H and O–H groups in total. The molecular formula is C28H31F3N4O2. The molecule has 2 aromatic carbocycles. The van der Waals surface area contributed by atoms with Crippen molar-refractivity contribution in [3.05, 3.63) is 82.1 Å². The van der Waals surface area contributed by atoms with E-state index in [9.17, 15) is 18.4 Å². The number of benzene rings is 2. The second kappa shape index (κ2) is 11.7. The Morgan fingerprint density at radius 1 is 1.05 bits per heavy atom. The SMILES string of the molecule is CCc1cnc(N2CCC(OCc3c(F)cc(-c4ccc(/C=[N+](\[O-])C(C)C)cc4F)cc3F)CC2)nc1. The maximum atomic E-state index is 14.8. The third-order valence-corrected chi connectivity index (χ3v) is 6.52. The molecule has 0 bridgehead atoms. The van der Waals surface area contributed by atoms with E-state index in [1.54, 1.807) is 13.8 Å². The van der Waals surface area contributed by atoms with E-state index >= 15 is 0 Å². The monoisotopic (exact) mass is 512 g/mol. The molecule has 37 heavy (non-hydrogen) atoms. The molecule has 0 radical (unpaired) electrons. The smallest absolute Gasteiger partial charge is 0.225 e. The highest BCUT2D eigenvalue weighted by atomic mass is 19.1. The molecule has 9 heteroatoms. The van der Waals surface area contributed by atoms with E-state index in [1.807, 2.05) is 19.3 Å². The molecule has 2 heterocycles. The van der Waals surface area contributed by atoms with Gasteiger partial charge in [0.1, 0.15) is 17.5 Å². The van der Waals surface area contributed by atoms with Crippen LogP contribution in [0.5, 0.6) is 0 Å². The minimum atomic E-state index is -0.794. The predicted octanol–water partition coefficient (Wildman–Crippen LogP) is 5.65. The van der Waals surface area contributed by atoms with Gasteiger partial charge in [0.15, 0.2) is 12.3 Å². The average molecular weight is 513 g/mol. The fraction of sp³-hybridized carbons (Fsp3) is 0.393. The maximum Gasteiger partial charge on any atom is 0.225 e. The summed E-state index contributed by atoms with van der Waals surface area (Å²) in [4.78, 5) is 10.9. The Kier molecular flexibility index (Phi) is 8.43. The molecule has 0 spiro atoms. The first-order valence-corrected chi connectivity index (χ1v) is 12.5. The molecule has 4 rings (SSSR count). The van der Waals surface area contributed by atoms with E-state index in [2.05, 4.69) is 14.9 Å². The Bertz CT molecular complexity index is 1230. The normalized spacial score (nSPS) is 15.0. The zero-order valence-corrected chi connectivity index (χ0v) is 21.3. The van der Waals surface area contributed by atoms with Crippen LogP contribution in [0.25, 0.3) is 11.1 Å². The number of anilines is 1. The minimum absolute atomic E-state index is 0.0472. The van der Waals surface area contributed by atoms with Crippen molar-refractivity contribution in [1.29, 1.82) is 0 Å². The quantitative estimate of drug-likeness (QED) is 0.169. The van der Waals surface area contributed by atoms with Gasteiger partial charge in [-0.1, -0.05) is 13.0 Å². The molecule has 0 unspecified atom stereocenters. The van der Waals surface area contributed by atoms with Gasteiger partial charge in [-0.05, 0) is 68.5 Å². The summed E-state index contributed by atoms with van der Waals surface area (Å²) in [6, 6.07) is 6.04. The Labute approximate surface area is 215 Å². The van der Waals surface area contributed by atoms with Crippen molar-refractivity contribution in [1.82, 2.24) is 9.97 Å². The number of hydrogen-bond donors (Lipinski definition) is 0. The van der Waals surface area contributed by atoms with Gasteiger partial charge in [0, 0.05) is 42.2 Å². The number of rotatable bonds is 8. The third-order valence-electron chi connectivity index (χ3n) is 6.52. The van der Waals surface area contributed by atoms with Crippen LogP contribution in [0.15, 0.2) is 42.7 Å². The van der Waals surface area contributed by atoms with Crippen molar-refractivity contribution in [2.75, 3.05) is 18.0 Å². The van der Waals surface area contributed by atoms with E-state index in [4.69, 9.17) is 4.74 Å². The summed E-state index contributed by atoms with van der Waals surface area (Å²) in [5.74, 6) is -1.59. The van der Waals surface area contributed by atoms with E-state index < -0.39 is 17.5 Å². The summed E-state index contributed by atoms with van der Waals surface area (Å²) in [7, 11) is 0. The number of aromatic nitrogens is 2. The van der Waals surface area contributed by atoms with Crippen LogP contribution in [0.2, 0.25) is 0 Å². The molecule has 1 aliphatic rings. The predicted molar refractivity (Wildman–Crippen MR) is 137 cm³/mol. The number of piperidine rings is 1. The zero-order chi connectivity index (χ0) is 26.5. The van der Waals surface area contributed by atoms with Gasteiger partial charge in [0.05, 0.1) is 12.7 Å². The molecule has 1 saturated heterocycles. The fourth-order valence-corrected chi connectivity index (χ4v) is 4.16.